The van der Waals surface area contributed by atoms with Crippen molar-refractivity contribution in [3.63, 3.8) is 0 Å². The summed E-state index contributed by atoms with van der Waals surface area (Å²) in [6.07, 6.45) is 2.21. The maximum atomic E-state index is 3.15. The molecule has 0 fully saturated rings. The smallest absolute Gasteiger partial charge is 0 e. The van der Waals surface area contributed by atoms with E-state index in [0.29, 0.717) is 5.41 Å². The van der Waals surface area contributed by atoms with Crippen LogP contribution >= 0.6 is 0 Å². The van der Waals surface area contributed by atoms with E-state index in [9.17, 15) is 0 Å². The topological polar surface area (TPSA) is 9.72 Å². The third kappa shape index (κ3) is 44.4. The van der Waals surface area contributed by atoms with Crippen LogP contribution in [0.4, 0.5) is 0 Å². The molecule has 5 rings (SSSR count). The van der Waals surface area contributed by atoms with Gasteiger partial charge >= 0.3 is 0 Å². The van der Waals surface area contributed by atoms with Gasteiger partial charge in [0, 0.05) is 32.7 Å². The number of fused-ring (bicyclic) bond motifs is 2. The number of rotatable bonds is 4. The van der Waals surface area contributed by atoms with Crippen LogP contribution < -0.4 is 0 Å². The van der Waals surface area contributed by atoms with E-state index in [1.807, 2.05) is 104 Å². The van der Waals surface area contributed by atoms with Crippen molar-refractivity contribution < 1.29 is 32.7 Å². The Hall–Kier alpha value is -2.14. The van der Waals surface area contributed by atoms with Gasteiger partial charge in [-0.05, 0) is 102 Å². The summed E-state index contributed by atoms with van der Waals surface area (Å²) in [5.74, 6) is 0. The minimum atomic E-state index is 0. The molecule has 0 amide bonds. The van der Waals surface area contributed by atoms with Crippen molar-refractivity contribution in [2.45, 2.75) is 117 Å². The Balaban J connectivity index is -0.000000133. The number of hydrogen-bond donors (Lipinski definition) is 0. The largest absolute Gasteiger partial charge is 0.310 e. The van der Waals surface area contributed by atoms with Gasteiger partial charge < -0.3 is 14.7 Å². The van der Waals surface area contributed by atoms with Gasteiger partial charge in [0.25, 0.3) is 0 Å². The summed E-state index contributed by atoms with van der Waals surface area (Å²) < 4.78 is 0. The van der Waals surface area contributed by atoms with Crippen LogP contribution in [0.5, 0.6) is 0 Å². The Morgan fingerprint density at radius 1 is 0.418 bits per heavy atom. The molecule has 0 saturated heterocycles. The van der Waals surface area contributed by atoms with Gasteiger partial charge in [0.15, 0.2) is 0 Å². The van der Waals surface area contributed by atoms with Crippen molar-refractivity contribution in [2.24, 2.45) is 5.41 Å². The summed E-state index contributed by atoms with van der Waals surface area (Å²) in [5.41, 5.74) is 8.66. The molecule has 0 saturated carbocycles. The Morgan fingerprint density at radius 2 is 0.600 bits per heavy atom. The molecular formula is C51H89N3Y-2. The monoisotopic (exact) mass is 833 g/mol. The molecule has 0 aliphatic heterocycles. The normalized spacial score (nSPS) is 9.60. The zero-order chi connectivity index (χ0) is 43.0. The third-order valence-corrected chi connectivity index (χ3v) is 6.60. The fourth-order valence-corrected chi connectivity index (χ4v) is 3.34. The molecule has 0 heterocycles. The van der Waals surface area contributed by atoms with Gasteiger partial charge in [-0.15, -0.1) is 12.1 Å². The van der Waals surface area contributed by atoms with Gasteiger partial charge in [0.1, 0.15) is 0 Å². The molecule has 0 spiro atoms. The number of nitrogens with zero attached hydrogens (tertiary/aromatic N) is 3. The number of hydrogen-bond acceptors (Lipinski definition) is 3. The summed E-state index contributed by atoms with van der Waals surface area (Å²) in [4.78, 5) is 6.38. The molecule has 1 aliphatic rings. The van der Waals surface area contributed by atoms with Gasteiger partial charge in [-0.1, -0.05) is 152 Å². The Kier molecular flexibility index (Phi) is 54.4. The first kappa shape index (κ1) is 64.7. The summed E-state index contributed by atoms with van der Waals surface area (Å²) >= 11 is 0. The molecule has 0 unspecified atom stereocenters. The minimum absolute atomic E-state index is 0. The molecule has 0 bridgehead atoms. The standard InChI is InChI=1S/C14H12.C12H8.C5H12.3C4H11N.4C2H6.Y/c1-2-6-12-10-14-8-4-3-7-13(14)9-11(12)5-1;1-3-7-11(8-4-1)12-9-5-2-6-10-12;1-5(2,3)4;3*1-4-5(2)3;4*1-2;/h1-8H,9-10H2;1-7,9H;1-4H3;3*4H2,1-3H3;4*1-2H3;/q;-2;;;;;;;;;. The molecule has 4 heteroatoms. The molecular weight excluding hydrogens is 743 g/mol. The van der Waals surface area contributed by atoms with E-state index in [-0.39, 0.29) is 32.7 Å². The molecule has 313 valence electrons. The molecule has 3 nitrogen and oxygen atoms in total. The van der Waals surface area contributed by atoms with Crippen molar-refractivity contribution in [1.29, 1.82) is 0 Å². The fraction of sp³-hybridized carbons (Fsp3) is 0.529. The molecule has 0 aromatic heterocycles. The quantitative estimate of drug-likeness (QED) is 0.167. The maximum Gasteiger partial charge on any atom is 0 e. The van der Waals surface area contributed by atoms with Crippen LogP contribution in [-0.2, 0) is 45.6 Å². The van der Waals surface area contributed by atoms with Crippen LogP contribution in [0.2, 0.25) is 0 Å². The fourth-order valence-electron chi connectivity index (χ4n) is 3.34. The molecule has 4 aromatic carbocycles. The SMILES string of the molecule is CC.CC.CC.CC.CC(C)(C)C.CCN(C)C.CCN(C)C.CCN(C)C.[Y].[c-]1ccccc1-c1[c-]cccc1.c1ccc2c(c1)Cc1ccccc1C2. The van der Waals surface area contributed by atoms with Crippen molar-refractivity contribution in [2.75, 3.05) is 61.9 Å². The summed E-state index contributed by atoms with van der Waals surface area (Å²) in [7, 11) is 12.3. The van der Waals surface area contributed by atoms with Crippen molar-refractivity contribution in [3.8, 4) is 11.1 Å². The van der Waals surface area contributed by atoms with E-state index in [4.69, 9.17) is 0 Å². The predicted octanol–water partition coefficient (Wildman–Crippen LogP) is 14.0. The van der Waals surface area contributed by atoms with Crippen LogP contribution in [0.3, 0.4) is 0 Å². The maximum absolute atomic E-state index is 3.15. The minimum Gasteiger partial charge on any atom is -0.310 e. The van der Waals surface area contributed by atoms with Crippen LogP contribution in [-0.4, -0.2) is 76.6 Å². The van der Waals surface area contributed by atoms with Gasteiger partial charge in [0.05, 0.1) is 0 Å². The average molecular weight is 833 g/mol. The molecule has 4 aromatic rings. The van der Waals surface area contributed by atoms with Crippen molar-refractivity contribution >= 4 is 0 Å². The second kappa shape index (κ2) is 46.2. The Labute approximate surface area is 371 Å². The van der Waals surface area contributed by atoms with Crippen LogP contribution in [0, 0.1) is 17.5 Å². The molecule has 0 N–H and O–H groups in total. The van der Waals surface area contributed by atoms with E-state index in [1.165, 1.54) is 22.3 Å². The molecule has 55 heavy (non-hydrogen) atoms. The van der Waals surface area contributed by atoms with Crippen LogP contribution in [0.15, 0.2) is 97.1 Å². The number of benzene rings is 4. The second-order valence-corrected chi connectivity index (χ2v) is 13.6. The summed E-state index contributed by atoms with van der Waals surface area (Å²) in [6, 6.07) is 39.6. The molecule has 1 radical (unpaired) electrons. The van der Waals surface area contributed by atoms with Crippen LogP contribution in [0.25, 0.3) is 11.1 Å². The van der Waals surface area contributed by atoms with E-state index in [0.717, 1.165) is 43.6 Å². The van der Waals surface area contributed by atoms with E-state index >= 15 is 0 Å². The summed E-state index contributed by atoms with van der Waals surface area (Å²) in [6.45, 7) is 34.5. The predicted molar refractivity (Wildman–Crippen MR) is 251 cm³/mol. The average Bonchev–Trinajstić information content (AvgIpc) is 3.21. The molecule has 0 atom stereocenters. The first-order valence-electron chi connectivity index (χ1n) is 20.7. The first-order chi connectivity index (χ1) is 25.7. The van der Waals surface area contributed by atoms with E-state index < -0.39 is 0 Å². The van der Waals surface area contributed by atoms with Gasteiger partial charge in [-0.2, -0.15) is 48.5 Å². The molecule has 1 aliphatic carbocycles. The van der Waals surface area contributed by atoms with Crippen molar-refractivity contribution in [3.05, 3.63) is 131 Å². The zero-order valence-electron chi connectivity index (χ0n) is 40.2. The Morgan fingerprint density at radius 3 is 0.745 bits per heavy atom. The van der Waals surface area contributed by atoms with Gasteiger partial charge in [-0.25, -0.2) is 11.1 Å². The summed E-state index contributed by atoms with van der Waals surface area (Å²) in [5, 5.41) is 0. The van der Waals surface area contributed by atoms with Gasteiger partial charge in [-0.3, -0.25) is 0 Å². The zero-order valence-corrected chi connectivity index (χ0v) is 43.0. The third-order valence-electron chi connectivity index (χ3n) is 6.60. The Bertz CT molecular complexity index is 1110. The van der Waals surface area contributed by atoms with Crippen molar-refractivity contribution in [1.82, 2.24) is 14.7 Å². The van der Waals surface area contributed by atoms with Crippen LogP contribution in [0.1, 0.15) is 126 Å². The van der Waals surface area contributed by atoms with Gasteiger partial charge in [0.2, 0.25) is 0 Å². The van der Waals surface area contributed by atoms with E-state index in [2.05, 4.69) is 166 Å². The second-order valence-electron chi connectivity index (χ2n) is 13.6. The first-order valence-corrected chi connectivity index (χ1v) is 20.7. The van der Waals surface area contributed by atoms with E-state index in [1.54, 1.807) is 0 Å².